The molecule has 0 aromatic rings. The summed E-state index contributed by atoms with van der Waals surface area (Å²) in [6, 6.07) is 0. The number of carbonyl (C=O) groups is 1. The van der Waals surface area contributed by atoms with Crippen molar-refractivity contribution < 1.29 is 13.9 Å². The molecule has 0 spiro atoms. The van der Waals surface area contributed by atoms with E-state index in [2.05, 4.69) is 0 Å². The summed E-state index contributed by atoms with van der Waals surface area (Å²) in [7, 11) is 0. The number of hydrogen-bond donors (Lipinski definition) is 0. The number of unbranched alkanes of at least 4 members (excludes halogenated alkanes) is 1. The van der Waals surface area contributed by atoms with Gasteiger partial charge >= 0.3 is 5.97 Å². The molecule has 2 nitrogen and oxygen atoms in total. The monoisotopic (exact) mass is 222 g/mol. The highest BCUT2D eigenvalue weighted by molar-refractivity contribution is 8.00. The Bertz CT molecular complexity index is 153. The molecule has 0 N–H and O–H groups in total. The van der Waals surface area contributed by atoms with Gasteiger partial charge in [-0.15, -0.1) is 11.8 Å². The van der Waals surface area contributed by atoms with Crippen molar-refractivity contribution in [2.75, 3.05) is 19.0 Å². The lowest BCUT2D eigenvalue weighted by molar-refractivity contribution is -0.142. The molecule has 0 saturated heterocycles. The van der Waals surface area contributed by atoms with Crippen LogP contribution in [-0.4, -0.2) is 30.3 Å². The lowest BCUT2D eigenvalue weighted by Crippen LogP contribution is -2.17. The minimum atomic E-state index is -0.269. The molecule has 0 bridgehead atoms. The summed E-state index contributed by atoms with van der Waals surface area (Å²) < 4.78 is 16.7. The van der Waals surface area contributed by atoms with Gasteiger partial charge in [0.05, 0.1) is 18.5 Å². The van der Waals surface area contributed by atoms with Crippen LogP contribution >= 0.6 is 11.8 Å². The molecular weight excluding hydrogens is 203 g/mol. The van der Waals surface area contributed by atoms with Crippen LogP contribution < -0.4 is 0 Å². The average Bonchev–Trinajstić information content (AvgIpc) is 2.20. The van der Waals surface area contributed by atoms with E-state index in [1.165, 1.54) is 11.8 Å². The third kappa shape index (κ3) is 7.18. The van der Waals surface area contributed by atoms with Crippen LogP contribution in [0.5, 0.6) is 0 Å². The van der Waals surface area contributed by atoms with Crippen LogP contribution in [0, 0.1) is 0 Å². The quantitative estimate of drug-likeness (QED) is 0.466. The standard InChI is InChI=1S/C10H19FO2S/c1-3-7-13-10(12)9(2)14-8-5-4-6-11/h9H,3-8H2,1-2H3. The van der Waals surface area contributed by atoms with E-state index in [1.54, 1.807) is 0 Å². The van der Waals surface area contributed by atoms with E-state index in [-0.39, 0.29) is 17.9 Å². The highest BCUT2D eigenvalue weighted by Gasteiger charge is 2.13. The van der Waals surface area contributed by atoms with Crippen molar-refractivity contribution in [3.05, 3.63) is 0 Å². The summed E-state index contributed by atoms with van der Waals surface area (Å²) in [5.74, 6) is 0.670. The molecule has 0 aliphatic heterocycles. The van der Waals surface area contributed by atoms with Crippen molar-refractivity contribution in [1.29, 1.82) is 0 Å². The summed E-state index contributed by atoms with van der Waals surface area (Å²) in [6.45, 7) is 4.02. The molecule has 0 saturated carbocycles. The van der Waals surface area contributed by atoms with Gasteiger partial charge in [0.1, 0.15) is 0 Å². The minimum Gasteiger partial charge on any atom is -0.465 e. The van der Waals surface area contributed by atoms with E-state index < -0.39 is 0 Å². The van der Waals surface area contributed by atoms with Gasteiger partial charge in [0.25, 0.3) is 0 Å². The largest absolute Gasteiger partial charge is 0.465 e. The lowest BCUT2D eigenvalue weighted by Gasteiger charge is -2.09. The first-order chi connectivity index (χ1) is 6.72. The van der Waals surface area contributed by atoms with Crippen molar-refractivity contribution in [2.24, 2.45) is 0 Å². The molecule has 0 amide bonds. The molecule has 0 aliphatic carbocycles. The molecule has 0 fully saturated rings. The Hall–Kier alpha value is -0.250. The summed E-state index contributed by atoms with van der Waals surface area (Å²) in [4.78, 5) is 11.2. The Balaban J connectivity index is 3.42. The van der Waals surface area contributed by atoms with Crippen LogP contribution in [0.3, 0.4) is 0 Å². The van der Waals surface area contributed by atoms with E-state index in [4.69, 9.17) is 4.74 Å². The van der Waals surface area contributed by atoms with Gasteiger partial charge in [0, 0.05) is 0 Å². The van der Waals surface area contributed by atoms with Crippen molar-refractivity contribution >= 4 is 17.7 Å². The molecule has 0 heterocycles. The highest BCUT2D eigenvalue weighted by Crippen LogP contribution is 2.14. The molecular formula is C10H19FO2S. The molecule has 0 radical (unpaired) electrons. The molecule has 1 unspecified atom stereocenters. The molecule has 0 aromatic carbocycles. The zero-order chi connectivity index (χ0) is 10.8. The highest BCUT2D eigenvalue weighted by atomic mass is 32.2. The zero-order valence-corrected chi connectivity index (χ0v) is 9.74. The number of ether oxygens (including phenoxy) is 1. The molecule has 84 valence electrons. The first kappa shape index (κ1) is 13.8. The van der Waals surface area contributed by atoms with Gasteiger partial charge < -0.3 is 4.74 Å². The number of rotatable bonds is 8. The van der Waals surface area contributed by atoms with E-state index in [0.29, 0.717) is 13.0 Å². The number of esters is 1. The van der Waals surface area contributed by atoms with E-state index in [9.17, 15) is 9.18 Å². The second-order valence-corrected chi connectivity index (χ2v) is 4.53. The van der Waals surface area contributed by atoms with E-state index >= 15 is 0 Å². The van der Waals surface area contributed by atoms with E-state index in [0.717, 1.165) is 18.6 Å². The Labute approximate surface area is 89.6 Å². The summed E-state index contributed by atoms with van der Waals surface area (Å²) in [6.07, 6.45) is 2.27. The number of carbonyl (C=O) groups excluding carboxylic acids is 1. The number of thioether (sulfide) groups is 1. The fourth-order valence-electron chi connectivity index (χ4n) is 0.845. The summed E-state index contributed by atoms with van der Waals surface area (Å²) >= 11 is 1.53. The fourth-order valence-corrected chi connectivity index (χ4v) is 1.77. The lowest BCUT2D eigenvalue weighted by atomic mass is 10.4. The van der Waals surface area contributed by atoms with Crippen LogP contribution in [0.2, 0.25) is 0 Å². The summed E-state index contributed by atoms with van der Waals surface area (Å²) in [5, 5.41) is -0.124. The van der Waals surface area contributed by atoms with Crippen LogP contribution in [0.25, 0.3) is 0 Å². The molecule has 1 atom stereocenters. The Morgan fingerprint density at radius 1 is 1.50 bits per heavy atom. The van der Waals surface area contributed by atoms with Crippen LogP contribution in [-0.2, 0) is 9.53 Å². The second-order valence-electron chi connectivity index (χ2n) is 3.08. The van der Waals surface area contributed by atoms with Gasteiger partial charge in [-0.3, -0.25) is 9.18 Å². The SMILES string of the molecule is CCCOC(=O)C(C)SCCCCF. The van der Waals surface area contributed by atoms with E-state index in [1.807, 2.05) is 13.8 Å². The van der Waals surface area contributed by atoms with Gasteiger partial charge in [-0.25, -0.2) is 0 Å². The number of halogens is 1. The van der Waals surface area contributed by atoms with Crippen LogP contribution in [0.15, 0.2) is 0 Å². The number of hydrogen-bond acceptors (Lipinski definition) is 3. The minimum absolute atomic E-state index is 0.124. The van der Waals surface area contributed by atoms with Gasteiger partial charge in [0.15, 0.2) is 0 Å². The normalized spacial score (nSPS) is 12.5. The van der Waals surface area contributed by atoms with Crippen molar-refractivity contribution in [1.82, 2.24) is 0 Å². The maximum absolute atomic E-state index is 11.7. The Morgan fingerprint density at radius 3 is 2.79 bits per heavy atom. The summed E-state index contributed by atoms with van der Waals surface area (Å²) in [5.41, 5.74) is 0. The van der Waals surface area contributed by atoms with Gasteiger partial charge in [0.2, 0.25) is 0 Å². The third-order valence-electron chi connectivity index (χ3n) is 1.68. The van der Waals surface area contributed by atoms with Crippen molar-refractivity contribution in [3.63, 3.8) is 0 Å². The Kier molecular flexibility index (Phi) is 9.14. The molecule has 0 rings (SSSR count). The van der Waals surface area contributed by atoms with Gasteiger partial charge in [-0.2, -0.15) is 0 Å². The van der Waals surface area contributed by atoms with Crippen molar-refractivity contribution in [3.8, 4) is 0 Å². The predicted octanol–water partition coefficient (Wildman–Crippen LogP) is 2.81. The topological polar surface area (TPSA) is 26.3 Å². The maximum Gasteiger partial charge on any atom is 0.318 e. The average molecular weight is 222 g/mol. The molecule has 14 heavy (non-hydrogen) atoms. The second kappa shape index (κ2) is 9.31. The molecule has 0 aliphatic rings. The smallest absolute Gasteiger partial charge is 0.318 e. The van der Waals surface area contributed by atoms with Crippen LogP contribution in [0.1, 0.15) is 33.1 Å². The maximum atomic E-state index is 11.7. The van der Waals surface area contributed by atoms with Gasteiger partial charge in [-0.05, 0) is 31.9 Å². The molecule has 0 aromatic heterocycles. The molecule has 4 heteroatoms. The predicted molar refractivity (Wildman–Crippen MR) is 58.4 cm³/mol. The fraction of sp³-hybridized carbons (Fsp3) is 0.900. The van der Waals surface area contributed by atoms with Crippen molar-refractivity contribution in [2.45, 2.75) is 38.4 Å². The van der Waals surface area contributed by atoms with Crippen LogP contribution in [0.4, 0.5) is 4.39 Å². The third-order valence-corrected chi connectivity index (χ3v) is 2.89. The zero-order valence-electron chi connectivity index (χ0n) is 8.92. The van der Waals surface area contributed by atoms with Gasteiger partial charge in [-0.1, -0.05) is 6.92 Å². The first-order valence-corrected chi connectivity index (χ1v) is 6.11. The number of alkyl halides is 1. The first-order valence-electron chi connectivity index (χ1n) is 5.06. The Morgan fingerprint density at radius 2 is 2.21 bits per heavy atom.